The van der Waals surface area contributed by atoms with Crippen LogP contribution in [0, 0.1) is 18.6 Å². The molecule has 3 aromatic carbocycles. The number of halogens is 2. The van der Waals surface area contributed by atoms with Crippen molar-refractivity contribution in [1.82, 2.24) is 10.2 Å². The highest BCUT2D eigenvalue weighted by atomic mass is 19.1. The molecular formula is C25H21F2N3O4. The molecule has 0 spiro atoms. The third-order valence-electron chi connectivity index (χ3n) is 5.45. The molecule has 0 bridgehead atoms. The van der Waals surface area contributed by atoms with E-state index in [1.165, 1.54) is 6.92 Å². The Morgan fingerprint density at radius 1 is 1.06 bits per heavy atom. The number of nitrogens with zero attached hydrogens (tertiary/aromatic N) is 1. The number of nitrogens with one attached hydrogen (secondary N) is 2. The zero-order valence-electron chi connectivity index (χ0n) is 18.4. The molecule has 1 fully saturated rings. The van der Waals surface area contributed by atoms with Gasteiger partial charge >= 0.3 is 6.03 Å². The quantitative estimate of drug-likeness (QED) is 0.526. The molecule has 0 saturated carbocycles. The number of imide groups is 1. The van der Waals surface area contributed by atoms with E-state index in [2.05, 4.69) is 10.6 Å². The predicted octanol–water partition coefficient (Wildman–Crippen LogP) is 4.47. The van der Waals surface area contributed by atoms with Crippen molar-refractivity contribution in [3.8, 4) is 11.5 Å². The minimum absolute atomic E-state index is 0.328. The topological polar surface area (TPSA) is 87.7 Å². The Labute approximate surface area is 194 Å². The predicted molar refractivity (Wildman–Crippen MR) is 120 cm³/mol. The molecule has 1 aliphatic rings. The summed E-state index contributed by atoms with van der Waals surface area (Å²) >= 11 is 0. The fourth-order valence-electron chi connectivity index (χ4n) is 3.63. The summed E-state index contributed by atoms with van der Waals surface area (Å²) in [6.45, 7) is 2.57. The minimum Gasteiger partial charge on any atom is -0.455 e. The number of carbonyl (C=O) groups excluding carboxylic acids is 3. The van der Waals surface area contributed by atoms with Crippen LogP contribution in [-0.2, 0) is 15.1 Å². The van der Waals surface area contributed by atoms with Crippen LogP contribution in [0.3, 0.4) is 0 Å². The first-order valence-electron chi connectivity index (χ1n) is 10.4. The number of rotatable bonds is 6. The fraction of sp³-hybridized carbons (Fsp3) is 0.160. The summed E-state index contributed by atoms with van der Waals surface area (Å²) < 4.78 is 33.8. The highest BCUT2D eigenvalue weighted by Gasteiger charge is 2.50. The third-order valence-corrected chi connectivity index (χ3v) is 5.45. The summed E-state index contributed by atoms with van der Waals surface area (Å²) in [6, 6.07) is 15.8. The van der Waals surface area contributed by atoms with Gasteiger partial charge in [0.15, 0.2) is 5.75 Å². The van der Waals surface area contributed by atoms with E-state index in [1.807, 2.05) is 19.1 Å². The van der Waals surface area contributed by atoms with Crippen molar-refractivity contribution in [3.05, 3.63) is 89.5 Å². The first kappa shape index (κ1) is 22.9. The van der Waals surface area contributed by atoms with Gasteiger partial charge in [-0.2, -0.15) is 0 Å². The Hall–Kier alpha value is -4.27. The standard InChI is InChI=1S/C25H21F2N3O4/c1-15-7-10-17(11-8-15)34-21-6-4-3-5-20(21)28-22(31)14-30-23(32)25(2,29-24(30)33)18-13-16(26)9-12-19(18)27/h3-13H,14H2,1-2H3,(H,28,31)(H,29,33). The van der Waals surface area contributed by atoms with Gasteiger partial charge in [-0.05, 0) is 56.3 Å². The molecule has 34 heavy (non-hydrogen) atoms. The molecule has 3 aromatic rings. The largest absolute Gasteiger partial charge is 0.455 e. The van der Waals surface area contributed by atoms with Crippen molar-refractivity contribution in [2.24, 2.45) is 0 Å². The van der Waals surface area contributed by atoms with E-state index >= 15 is 0 Å². The second-order valence-corrected chi connectivity index (χ2v) is 8.03. The first-order chi connectivity index (χ1) is 16.2. The van der Waals surface area contributed by atoms with Gasteiger partial charge in [0.1, 0.15) is 29.5 Å². The molecule has 9 heteroatoms. The number of ether oxygens (including phenoxy) is 1. The molecule has 0 aliphatic carbocycles. The normalized spacial score (nSPS) is 17.5. The van der Waals surface area contributed by atoms with Gasteiger partial charge < -0.3 is 15.4 Å². The van der Waals surface area contributed by atoms with Gasteiger partial charge in [0.05, 0.1) is 5.69 Å². The summed E-state index contributed by atoms with van der Waals surface area (Å²) in [7, 11) is 0. The molecule has 1 unspecified atom stereocenters. The zero-order valence-corrected chi connectivity index (χ0v) is 18.4. The van der Waals surface area contributed by atoms with Gasteiger partial charge in [-0.3, -0.25) is 14.5 Å². The molecule has 1 saturated heterocycles. The Morgan fingerprint density at radius 3 is 2.50 bits per heavy atom. The third kappa shape index (κ3) is 4.45. The van der Waals surface area contributed by atoms with Crippen molar-refractivity contribution in [2.75, 3.05) is 11.9 Å². The fourth-order valence-corrected chi connectivity index (χ4v) is 3.63. The minimum atomic E-state index is -1.85. The van der Waals surface area contributed by atoms with Crippen molar-refractivity contribution in [3.63, 3.8) is 0 Å². The SMILES string of the molecule is Cc1ccc(Oc2ccccc2NC(=O)CN2C(=O)NC(C)(c3cc(F)ccc3F)C2=O)cc1. The number of benzene rings is 3. The van der Waals surface area contributed by atoms with Crippen LogP contribution >= 0.6 is 0 Å². The molecule has 1 heterocycles. The number of hydrogen-bond acceptors (Lipinski definition) is 4. The lowest BCUT2D eigenvalue weighted by atomic mass is 9.91. The molecular weight excluding hydrogens is 444 g/mol. The highest BCUT2D eigenvalue weighted by molar-refractivity contribution is 6.10. The van der Waals surface area contributed by atoms with Gasteiger partial charge in [-0.1, -0.05) is 29.8 Å². The number of aryl methyl sites for hydroxylation is 1. The van der Waals surface area contributed by atoms with Gasteiger partial charge in [0, 0.05) is 5.56 Å². The number of hydrogen-bond donors (Lipinski definition) is 2. The molecule has 0 aromatic heterocycles. The number of para-hydroxylation sites is 2. The van der Waals surface area contributed by atoms with E-state index in [-0.39, 0.29) is 5.56 Å². The maximum absolute atomic E-state index is 14.3. The monoisotopic (exact) mass is 465 g/mol. The van der Waals surface area contributed by atoms with E-state index in [9.17, 15) is 23.2 Å². The second-order valence-electron chi connectivity index (χ2n) is 8.03. The Bertz CT molecular complexity index is 1280. The maximum Gasteiger partial charge on any atom is 0.325 e. The van der Waals surface area contributed by atoms with E-state index in [0.717, 1.165) is 23.8 Å². The van der Waals surface area contributed by atoms with Crippen LogP contribution in [0.25, 0.3) is 0 Å². The van der Waals surface area contributed by atoms with Gasteiger partial charge in [-0.25, -0.2) is 13.6 Å². The number of amides is 4. The second kappa shape index (κ2) is 8.93. The van der Waals surface area contributed by atoms with E-state index in [1.54, 1.807) is 36.4 Å². The van der Waals surface area contributed by atoms with Crippen LogP contribution in [-0.4, -0.2) is 29.3 Å². The van der Waals surface area contributed by atoms with Crippen LogP contribution < -0.4 is 15.4 Å². The summed E-state index contributed by atoms with van der Waals surface area (Å²) in [5, 5.41) is 4.98. The maximum atomic E-state index is 14.3. The van der Waals surface area contributed by atoms with Gasteiger partial charge in [-0.15, -0.1) is 0 Å². The lowest BCUT2D eigenvalue weighted by molar-refractivity contribution is -0.133. The van der Waals surface area contributed by atoms with Crippen LogP contribution in [0.5, 0.6) is 11.5 Å². The van der Waals surface area contributed by atoms with Crippen molar-refractivity contribution in [1.29, 1.82) is 0 Å². The van der Waals surface area contributed by atoms with Crippen LogP contribution in [0.4, 0.5) is 19.3 Å². The summed E-state index contributed by atoms with van der Waals surface area (Å²) in [5.41, 5.74) is -0.784. The van der Waals surface area contributed by atoms with Gasteiger partial charge in [0.2, 0.25) is 5.91 Å². The van der Waals surface area contributed by atoms with Crippen LogP contribution in [0.1, 0.15) is 18.1 Å². The molecule has 2 N–H and O–H groups in total. The van der Waals surface area contributed by atoms with E-state index < -0.39 is 41.6 Å². The van der Waals surface area contributed by atoms with Gasteiger partial charge in [0.25, 0.3) is 5.91 Å². The van der Waals surface area contributed by atoms with Crippen molar-refractivity contribution < 1.29 is 27.9 Å². The van der Waals surface area contributed by atoms with Crippen LogP contribution in [0.2, 0.25) is 0 Å². The van der Waals surface area contributed by atoms with Crippen LogP contribution in [0.15, 0.2) is 66.7 Å². The van der Waals surface area contributed by atoms with E-state index in [4.69, 9.17) is 4.74 Å². The Balaban J connectivity index is 1.50. The molecule has 174 valence electrons. The lowest BCUT2D eigenvalue weighted by Gasteiger charge is -2.22. The van der Waals surface area contributed by atoms with E-state index in [0.29, 0.717) is 22.1 Å². The first-order valence-corrected chi connectivity index (χ1v) is 10.4. The molecule has 4 rings (SSSR count). The Morgan fingerprint density at radius 2 is 1.76 bits per heavy atom. The number of urea groups is 1. The summed E-state index contributed by atoms with van der Waals surface area (Å²) in [6.07, 6.45) is 0. The molecule has 4 amide bonds. The molecule has 0 radical (unpaired) electrons. The molecule has 7 nitrogen and oxygen atoms in total. The molecule has 1 atom stereocenters. The Kier molecular flexibility index (Phi) is 6.02. The summed E-state index contributed by atoms with van der Waals surface area (Å²) in [4.78, 5) is 38.8. The highest BCUT2D eigenvalue weighted by Crippen LogP contribution is 2.32. The molecule has 1 aliphatic heterocycles. The lowest BCUT2D eigenvalue weighted by Crippen LogP contribution is -2.42. The summed E-state index contributed by atoms with van der Waals surface area (Å²) in [5.74, 6) is -2.24. The van der Waals surface area contributed by atoms with Crippen molar-refractivity contribution in [2.45, 2.75) is 19.4 Å². The average molecular weight is 465 g/mol. The average Bonchev–Trinajstić information content (AvgIpc) is 3.02. The zero-order chi connectivity index (χ0) is 24.5. The number of anilines is 1. The number of carbonyl (C=O) groups is 3. The van der Waals surface area contributed by atoms with Crippen molar-refractivity contribution >= 4 is 23.5 Å². The smallest absolute Gasteiger partial charge is 0.325 e.